The minimum absolute atomic E-state index is 0.0717. The summed E-state index contributed by atoms with van der Waals surface area (Å²) in [5.74, 6) is -4.56. The molecule has 0 amide bonds. The topological polar surface area (TPSA) is 139 Å². The fraction of sp³-hybridized carbons (Fsp3) is 0.567. The first kappa shape index (κ1) is 27.4. The number of phenolic OH excluding ortho intramolecular Hbond substituents is 1. The fourth-order valence-electron chi connectivity index (χ4n) is 7.13. The van der Waals surface area contributed by atoms with Gasteiger partial charge in [0.2, 0.25) is 5.78 Å². The van der Waals surface area contributed by atoms with Crippen molar-refractivity contribution >= 4 is 28.8 Å². The van der Waals surface area contributed by atoms with E-state index in [0.29, 0.717) is 29.9 Å². The number of aliphatic hydroxyl groups excluding tert-OH is 2. The summed E-state index contributed by atoms with van der Waals surface area (Å²) in [6.45, 7) is 3.19. The average molecular weight is 539 g/mol. The molecular weight excluding hydrogens is 500 g/mol. The molecule has 1 aromatic carbocycles. The predicted molar refractivity (Wildman–Crippen MR) is 146 cm³/mol. The van der Waals surface area contributed by atoms with Gasteiger partial charge in [0.15, 0.2) is 17.2 Å². The third-order valence-corrected chi connectivity index (χ3v) is 9.37. The van der Waals surface area contributed by atoms with Gasteiger partial charge in [-0.25, -0.2) is 0 Å². The second kappa shape index (κ2) is 9.78. The molecule has 0 aromatic heterocycles. The molecule has 9 nitrogen and oxygen atoms in total. The molecule has 0 bridgehead atoms. The molecule has 1 aliphatic heterocycles. The van der Waals surface area contributed by atoms with Gasteiger partial charge < -0.3 is 30.2 Å². The maximum atomic E-state index is 13.8. The molecular formula is C30H38N2O7. The number of aryl methyl sites for hydroxylation is 1. The Kier molecular flexibility index (Phi) is 6.87. The molecule has 3 atom stereocenters. The van der Waals surface area contributed by atoms with Crippen LogP contribution in [-0.4, -0.2) is 82.5 Å². The van der Waals surface area contributed by atoms with Crippen LogP contribution >= 0.6 is 0 Å². The molecule has 0 radical (unpaired) electrons. The summed E-state index contributed by atoms with van der Waals surface area (Å²) in [6, 6.07) is 1.96. The van der Waals surface area contributed by atoms with E-state index in [2.05, 4.69) is 11.9 Å². The summed E-state index contributed by atoms with van der Waals surface area (Å²) in [4.78, 5) is 42.7. The van der Waals surface area contributed by atoms with Gasteiger partial charge in [-0.2, -0.15) is 0 Å². The molecule has 39 heavy (non-hydrogen) atoms. The molecule has 2 fully saturated rings. The number of aliphatic hydroxyl groups is 3. The third kappa shape index (κ3) is 4.26. The normalized spacial score (nSPS) is 27.8. The van der Waals surface area contributed by atoms with Gasteiger partial charge in [0.25, 0.3) is 0 Å². The number of piperidine rings is 1. The number of allylic oxidation sites excluding steroid dienone is 1. The van der Waals surface area contributed by atoms with E-state index >= 15 is 0 Å². The molecule has 1 saturated heterocycles. The number of aromatic hydroxyl groups is 1. The lowest BCUT2D eigenvalue weighted by Crippen LogP contribution is -2.57. The number of hydrogen-bond donors (Lipinski definition) is 4. The van der Waals surface area contributed by atoms with E-state index in [1.54, 1.807) is 0 Å². The van der Waals surface area contributed by atoms with Crippen molar-refractivity contribution in [3.05, 3.63) is 39.7 Å². The smallest absolute Gasteiger partial charge is 0.202 e. The van der Waals surface area contributed by atoms with E-state index in [4.69, 9.17) is 0 Å². The SMILES string of the molecule is CC(=O)C1=C(O)[C@@]2(O)C(=O)C3=C(O)c4c(O)c(CCC5CCN(C)CC5)cc(N(C)C)c4C[C@H]3C[C@H]2CC1=O. The number of carbonyl (C=O) groups excluding carboxylic acids is 3. The minimum atomic E-state index is -2.47. The summed E-state index contributed by atoms with van der Waals surface area (Å²) in [7, 11) is 5.89. The van der Waals surface area contributed by atoms with Crippen molar-refractivity contribution in [2.45, 2.75) is 57.5 Å². The van der Waals surface area contributed by atoms with Gasteiger partial charge >= 0.3 is 0 Å². The number of likely N-dealkylation sites (tertiary alicyclic amines) is 1. The van der Waals surface area contributed by atoms with E-state index in [9.17, 15) is 34.8 Å². The van der Waals surface area contributed by atoms with Crippen molar-refractivity contribution in [1.82, 2.24) is 4.90 Å². The lowest BCUT2D eigenvalue weighted by molar-refractivity contribution is -0.147. The summed E-state index contributed by atoms with van der Waals surface area (Å²) < 4.78 is 0. The molecule has 9 heteroatoms. The van der Waals surface area contributed by atoms with E-state index in [-0.39, 0.29) is 29.7 Å². The number of carbonyl (C=O) groups is 3. The van der Waals surface area contributed by atoms with Crippen molar-refractivity contribution in [2.24, 2.45) is 17.8 Å². The Hall–Kier alpha value is -3.17. The summed E-state index contributed by atoms with van der Waals surface area (Å²) in [5.41, 5.74) is -0.700. The maximum Gasteiger partial charge on any atom is 0.202 e. The first-order chi connectivity index (χ1) is 18.4. The van der Waals surface area contributed by atoms with Gasteiger partial charge in [-0.3, -0.25) is 14.4 Å². The molecule has 3 aliphatic carbocycles. The van der Waals surface area contributed by atoms with Crippen LogP contribution in [0.15, 0.2) is 23.0 Å². The molecule has 1 saturated carbocycles. The second-order valence-electron chi connectivity index (χ2n) is 12.0. The monoisotopic (exact) mass is 538 g/mol. The Labute approximate surface area is 228 Å². The maximum absolute atomic E-state index is 13.8. The number of Topliss-reactive ketones (excluding diaryl/α,β-unsaturated/α-hetero) is 3. The third-order valence-electron chi connectivity index (χ3n) is 9.37. The number of fused-ring (bicyclic) bond motifs is 3. The zero-order chi connectivity index (χ0) is 28.4. The van der Waals surface area contributed by atoms with Crippen LogP contribution in [0.2, 0.25) is 0 Å². The molecule has 5 rings (SSSR count). The number of ketones is 3. The highest BCUT2D eigenvalue weighted by Gasteiger charge is 2.60. The predicted octanol–water partition coefficient (Wildman–Crippen LogP) is 2.87. The van der Waals surface area contributed by atoms with Gasteiger partial charge in [0, 0.05) is 37.7 Å². The summed E-state index contributed by atoms with van der Waals surface area (Å²) >= 11 is 0. The van der Waals surface area contributed by atoms with Gasteiger partial charge in [0.1, 0.15) is 22.8 Å². The van der Waals surface area contributed by atoms with Gasteiger partial charge in [-0.15, -0.1) is 0 Å². The second-order valence-corrected chi connectivity index (χ2v) is 12.0. The number of anilines is 1. The van der Waals surface area contributed by atoms with Crippen LogP contribution in [-0.2, 0) is 27.2 Å². The zero-order valence-corrected chi connectivity index (χ0v) is 23.1. The zero-order valence-electron chi connectivity index (χ0n) is 23.1. The first-order valence-corrected chi connectivity index (χ1v) is 13.8. The van der Waals surface area contributed by atoms with Gasteiger partial charge in [-0.1, -0.05) is 0 Å². The highest BCUT2D eigenvalue weighted by Crippen LogP contribution is 2.53. The molecule has 4 N–H and O–H groups in total. The van der Waals surface area contributed by atoms with Crippen LogP contribution in [0, 0.1) is 17.8 Å². The van der Waals surface area contributed by atoms with Crippen LogP contribution in [0.3, 0.4) is 0 Å². The van der Waals surface area contributed by atoms with Crippen LogP contribution in [0.25, 0.3) is 5.76 Å². The van der Waals surface area contributed by atoms with E-state index in [1.807, 2.05) is 25.1 Å². The number of nitrogens with zero attached hydrogens (tertiary/aromatic N) is 2. The molecule has 0 unspecified atom stereocenters. The molecule has 1 aromatic rings. The lowest BCUT2D eigenvalue weighted by Gasteiger charge is -2.46. The van der Waals surface area contributed by atoms with Crippen molar-refractivity contribution in [1.29, 1.82) is 0 Å². The van der Waals surface area contributed by atoms with E-state index in [0.717, 1.165) is 45.0 Å². The van der Waals surface area contributed by atoms with E-state index < -0.39 is 51.9 Å². The van der Waals surface area contributed by atoms with Crippen molar-refractivity contribution in [3.63, 3.8) is 0 Å². The Morgan fingerprint density at radius 2 is 1.79 bits per heavy atom. The molecule has 1 heterocycles. The first-order valence-electron chi connectivity index (χ1n) is 13.8. The Morgan fingerprint density at radius 1 is 1.13 bits per heavy atom. The summed E-state index contributed by atoms with van der Waals surface area (Å²) in [5, 5.41) is 45.3. The van der Waals surface area contributed by atoms with Crippen LogP contribution in [0.4, 0.5) is 5.69 Å². The Bertz CT molecular complexity index is 1320. The number of rotatable bonds is 5. The largest absolute Gasteiger partial charge is 0.508 e. The van der Waals surface area contributed by atoms with Crippen molar-refractivity contribution < 1.29 is 34.8 Å². The highest BCUT2D eigenvalue weighted by atomic mass is 16.3. The van der Waals surface area contributed by atoms with Gasteiger partial charge in [-0.05, 0) is 94.6 Å². The Morgan fingerprint density at radius 3 is 2.41 bits per heavy atom. The lowest BCUT2D eigenvalue weighted by atomic mass is 9.59. The molecule has 210 valence electrons. The fourth-order valence-corrected chi connectivity index (χ4v) is 7.13. The number of benzene rings is 1. The number of hydrogen-bond acceptors (Lipinski definition) is 9. The van der Waals surface area contributed by atoms with Crippen LogP contribution in [0.1, 0.15) is 55.7 Å². The van der Waals surface area contributed by atoms with Crippen molar-refractivity contribution in [2.75, 3.05) is 39.1 Å². The quantitative estimate of drug-likeness (QED) is 0.417. The average Bonchev–Trinajstić information content (AvgIpc) is 2.86. The molecule has 0 spiro atoms. The standard InChI is InChI=1S/C30H38N2O7/c1-15(33)23-22(34)14-19-11-18-12-20-21(31(2)3)13-17(6-5-16-7-9-32(4)10-8-16)26(35)25(20)27(36)24(18)29(38)30(19,39)28(23)37/h13,16,18-19,35-37,39H,5-12,14H2,1-4H3/t18-,19+,30-/m1/s1. The Balaban J connectivity index is 1.58. The van der Waals surface area contributed by atoms with Crippen molar-refractivity contribution in [3.8, 4) is 5.75 Å². The minimum Gasteiger partial charge on any atom is -0.508 e. The summed E-state index contributed by atoms with van der Waals surface area (Å²) in [6.07, 6.45) is 3.93. The highest BCUT2D eigenvalue weighted by molar-refractivity contribution is 6.23. The molecule has 4 aliphatic rings. The van der Waals surface area contributed by atoms with E-state index in [1.165, 1.54) is 0 Å². The van der Waals surface area contributed by atoms with Crippen LogP contribution in [0.5, 0.6) is 5.75 Å². The number of phenols is 1. The van der Waals surface area contributed by atoms with Crippen LogP contribution < -0.4 is 4.90 Å². The van der Waals surface area contributed by atoms with Gasteiger partial charge in [0.05, 0.1) is 5.56 Å².